The predicted octanol–water partition coefficient (Wildman–Crippen LogP) is 1.86. The molecule has 0 radical (unpaired) electrons. The van der Waals surface area contributed by atoms with Crippen LogP contribution in [0.2, 0.25) is 0 Å². The van der Waals surface area contributed by atoms with E-state index >= 15 is 0 Å². The molecule has 0 aliphatic carbocycles. The molecular formula is C11H16N2S. The summed E-state index contributed by atoms with van der Waals surface area (Å²) in [6, 6.07) is 8.19. The quantitative estimate of drug-likeness (QED) is 0.745. The Bertz CT molecular complexity index is 278. The van der Waals surface area contributed by atoms with Crippen molar-refractivity contribution < 1.29 is 0 Å². The second-order valence-electron chi connectivity index (χ2n) is 3.59. The van der Waals surface area contributed by atoms with Crippen molar-refractivity contribution >= 4 is 17.4 Å². The van der Waals surface area contributed by atoms with Crippen LogP contribution in [0.15, 0.2) is 24.3 Å². The van der Waals surface area contributed by atoms with Gasteiger partial charge in [0.25, 0.3) is 0 Å². The number of hydrogen-bond donors (Lipinski definition) is 2. The van der Waals surface area contributed by atoms with Crippen LogP contribution in [-0.2, 0) is 6.42 Å². The number of nitrogens with two attached hydrogens (primary N) is 1. The number of nitrogens with one attached hydrogen (secondary N) is 1. The fourth-order valence-electron chi connectivity index (χ4n) is 1.65. The molecule has 1 fully saturated rings. The Morgan fingerprint density at radius 1 is 1.36 bits per heavy atom. The third-order valence-corrected chi connectivity index (χ3v) is 3.71. The average molecular weight is 208 g/mol. The first kappa shape index (κ1) is 9.87. The van der Waals surface area contributed by atoms with Gasteiger partial charge in [-0.2, -0.15) is 0 Å². The van der Waals surface area contributed by atoms with E-state index in [2.05, 4.69) is 17.4 Å². The number of anilines is 1. The Labute approximate surface area is 89.3 Å². The van der Waals surface area contributed by atoms with Crippen LogP contribution in [0.4, 0.5) is 5.69 Å². The summed E-state index contributed by atoms with van der Waals surface area (Å²) in [5, 5.41) is 4.14. The summed E-state index contributed by atoms with van der Waals surface area (Å²) in [6.45, 7) is 1.16. The predicted molar refractivity (Wildman–Crippen MR) is 63.4 cm³/mol. The summed E-state index contributed by atoms with van der Waals surface area (Å²) < 4.78 is 0. The number of thioether (sulfide) groups is 1. The molecular weight excluding hydrogens is 192 g/mol. The number of aryl methyl sites for hydroxylation is 1. The summed E-state index contributed by atoms with van der Waals surface area (Å²) in [5.41, 5.74) is 7.86. The van der Waals surface area contributed by atoms with Crippen LogP contribution in [0.1, 0.15) is 12.0 Å². The number of hydrogen-bond acceptors (Lipinski definition) is 3. The molecule has 1 aliphatic heterocycles. The first-order valence-corrected chi connectivity index (χ1v) is 6.09. The van der Waals surface area contributed by atoms with Crippen LogP contribution < -0.4 is 11.1 Å². The molecule has 1 unspecified atom stereocenters. The second kappa shape index (κ2) is 4.71. The lowest BCUT2D eigenvalue weighted by molar-refractivity contribution is 0.659. The fraction of sp³-hybridized carbons (Fsp3) is 0.455. The van der Waals surface area contributed by atoms with Crippen molar-refractivity contribution in [1.29, 1.82) is 0 Å². The Morgan fingerprint density at radius 3 is 2.79 bits per heavy atom. The van der Waals surface area contributed by atoms with E-state index in [1.165, 1.54) is 17.7 Å². The summed E-state index contributed by atoms with van der Waals surface area (Å²) in [6.07, 6.45) is 2.36. The maximum absolute atomic E-state index is 5.63. The molecule has 3 N–H and O–H groups in total. The minimum absolute atomic E-state index is 0.660. The average Bonchev–Trinajstić information content (AvgIpc) is 2.70. The smallest absolute Gasteiger partial charge is 0.0536 e. The number of benzene rings is 1. The molecule has 1 heterocycles. The van der Waals surface area contributed by atoms with E-state index in [0.29, 0.717) is 5.37 Å². The van der Waals surface area contributed by atoms with E-state index < -0.39 is 0 Å². The van der Waals surface area contributed by atoms with Crippen molar-refractivity contribution in [2.75, 3.05) is 18.0 Å². The first-order chi connectivity index (χ1) is 6.84. The van der Waals surface area contributed by atoms with Crippen LogP contribution in [0.5, 0.6) is 0 Å². The van der Waals surface area contributed by atoms with Gasteiger partial charge in [0.05, 0.1) is 5.37 Å². The fourth-order valence-corrected chi connectivity index (χ4v) is 2.69. The molecule has 1 aliphatic rings. The van der Waals surface area contributed by atoms with Crippen LogP contribution in [-0.4, -0.2) is 17.7 Å². The van der Waals surface area contributed by atoms with Gasteiger partial charge < -0.3 is 11.1 Å². The highest BCUT2D eigenvalue weighted by Crippen LogP contribution is 2.19. The van der Waals surface area contributed by atoms with Gasteiger partial charge >= 0.3 is 0 Å². The molecule has 0 aromatic heterocycles. The highest BCUT2D eigenvalue weighted by molar-refractivity contribution is 8.00. The Balaban J connectivity index is 1.82. The minimum Gasteiger partial charge on any atom is -0.399 e. The van der Waals surface area contributed by atoms with Crippen molar-refractivity contribution in [2.24, 2.45) is 0 Å². The lowest BCUT2D eigenvalue weighted by atomic mass is 10.1. The third kappa shape index (κ3) is 2.66. The van der Waals surface area contributed by atoms with Gasteiger partial charge in [0, 0.05) is 18.0 Å². The van der Waals surface area contributed by atoms with Crippen LogP contribution in [0.3, 0.4) is 0 Å². The summed E-state index contributed by atoms with van der Waals surface area (Å²) >= 11 is 2.03. The van der Waals surface area contributed by atoms with Gasteiger partial charge in [0.15, 0.2) is 0 Å². The van der Waals surface area contributed by atoms with Crippen molar-refractivity contribution in [3.8, 4) is 0 Å². The van der Waals surface area contributed by atoms with Crippen LogP contribution >= 0.6 is 11.8 Å². The highest BCUT2D eigenvalue weighted by atomic mass is 32.2. The van der Waals surface area contributed by atoms with E-state index in [1.54, 1.807) is 0 Å². The number of nitrogen functional groups attached to an aromatic ring is 1. The first-order valence-electron chi connectivity index (χ1n) is 5.04. The molecule has 1 aromatic carbocycles. The monoisotopic (exact) mass is 208 g/mol. The highest BCUT2D eigenvalue weighted by Gasteiger charge is 2.13. The van der Waals surface area contributed by atoms with Gasteiger partial charge in [-0.1, -0.05) is 12.1 Å². The SMILES string of the molecule is Nc1ccc(CCC2NCCS2)cc1. The van der Waals surface area contributed by atoms with Crippen molar-refractivity contribution in [2.45, 2.75) is 18.2 Å². The van der Waals surface area contributed by atoms with E-state index in [4.69, 9.17) is 5.73 Å². The summed E-state index contributed by atoms with van der Waals surface area (Å²) in [7, 11) is 0. The van der Waals surface area contributed by atoms with Gasteiger partial charge in [-0.3, -0.25) is 0 Å². The topological polar surface area (TPSA) is 38.0 Å². The Kier molecular flexibility index (Phi) is 3.32. The maximum atomic E-state index is 5.63. The van der Waals surface area contributed by atoms with Crippen molar-refractivity contribution in [1.82, 2.24) is 5.32 Å². The zero-order valence-electron chi connectivity index (χ0n) is 8.20. The Morgan fingerprint density at radius 2 is 2.14 bits per heavy atom. The second-order valence-corrected chi connectivity index (χ2v) is 4.90. The molecule has 1 aromatic rings. The molecule has 1 saturated heterocycles. The molecule has 0 spiro atoms. The van der Waals surface area contributed by atoms with E-state index in [-0.39, 0.29) is 0 Å². The van der Waals surface area contributed by atoms with E-state index in [9.17, 15) is 0 Å². The lowest BCUT2D eigenvalue weighted by Gasteiger charge is -2.08. The molecule has 3 heteroatoms. The van der Waals surface area contributed by atoms with Gasteiger partial charge in [0.2, 0.25) is 0 Å². The molecule has 0 amide bonds. The van der Waals surface area contributed by atoms with Crippen LogP contribution in [0, 0.1) is 0 Å². The largest absolute Gasteiger partial charge is 0.399 e. The van der Waals surface area contributed by atoms with Gasteiger partial charge in [-0.25, -0.2) is 0 Å². The minimum atomic E-state index is 0.660. The molecule has 0 bridgehead atoms. The van der Waals surface area contributed by atoms with Gasteiger partial charge in [-0.15, -0.1) is 11.8 Å². The molecule has 0 saturated carbocycles. The third-order valence-electron chi connectivity index (χ3n) is 2.47. The van der Waals surface area contributed by atoms with Gasteiger partial charge in [0.1, 0.15) is 0 Å². The molecule has 14 heavy (non-hydrogen) atoms. The summed E-state index contributed by atoms with van der Waals surface area (Å²) in [5.74, 6) is 1.26. The maximum Gasteiger partial charge on any atom is 0.0536 e. The normalized spacial score (nSPS) is 21.3. The molecule has 2 nitrogen and oxygen atoms in total. The van der Waals surface area contributed by atoms with Gasteiger partial charge in [-0.05, 0) is 30.5 Å². The Hall–Kier alpha value is -0.670. The van der Waals surface area contributed by atoms with Crippen molar-refractivity contribution in [3.05, 3.63) is 29.8 Å². The number of rotatable bonds is 3. The van der Waals surface area contributed by atoms with Crippen LogP contribution in [0.25, 0.3) is 0 Å². The lowest BCUT2D eigenvalue weighted by Crippen LogP contribution is -2.19. The molecule has 76 valence electrons. The molecule has 1 atom stereocenters. The van der Waals surface area contributed by atoms with Crippen molar-refractivity contribution in [3.63, 3.8) is 0 Å². The zero-order valence-corrected chi connectivity index (χ0v) is 9.02. The zero-order chi connectivity index (χ0) is 9.80. The molecule has 2 rings (SSSR count). The van der Waals surface area contributed by atoms with E-state index in [1.807, 2.05) is 23.9 Å². The standard InChI is InChI=1S/C11H16N2S/c12-10-4-1-9(2-5-10)3-6-11-13-7-8-14-11/h1-2,4-5,11,13H,3,6-8,12H2. The van der Waals surface area contributed by atoms with E-state index in [0.717, 1.165) is 18.7 Å². The summed E-state index contributed by atoms with van der Waals surface area (Å²) in [4.78, 5) is 0.